The summed E-state index contributed by atoms with van der Waals surface area (Å²) in [7, 11) is 0. The highest BCUT2D eigenvalue weighted by Gasteiger charge is 2.07. The normalized spacial score (nSPS) is 10.8. The van der Waals surface area contributed by atoms with E-state index in [1.807, 2.05) is 36.4 Å². The number of fused-ring (bicyclic) bond motifs is 1. The highest BCUT2D eigenvalue weighted by atomic mass is 79.9. The van der Waals surface area contributed by atoms with Gasteiger partial charge in [0.25, 0.3) is 0 Å². The lowest BCUT2D eigenvalue weighted by molar-refractivity contribution is 1.11. The van der Waals surface area contributed by atoms with Crippen molar-refractivity contribution in [3.63, 3.8) is 0 Å². The predicted molar refractivity (Wildman–Crippen MR) is 87.7 cm³/mol. The van der Waals surface area contributed by atoms with Gasteiger partial charge in [-0.05, 0) is 51.8 Å². The minimum Gasteiger partial charge on any atom is -0.398 e. The molecule has 2 N–H and O–H groups in total. The number of halogens is 1. The largest absolute Gasteiger partial charge is 0.398 e. The number of thioether (sulfide) groups is 1. The molecule has 0 amide bonds. The monoisotopic (exact) mass is 345 g/mol. The highest BCUT2D eigenvalue weighted by molar-refractivity contribution is 9.10. The number of nitrogens with two attached hydrogens (primary N) is 1. The van der Waals surface area contributed by atoms with Crippen molar-refractivity contribution in [1.29, 1.82) is 0 Å². The number of nitrogens with zero attached hydrogens (tertiary/aromatic N) is 2. The first-order chi connectivity index (χ1) is 9.75. The second kappa shape index (κ2) is 5.81. The van der Waals surface area contributed by atoms with Crippen LogP contribution in [0.3, 0.4) is 0 Å². The lowest BCUT2D eigenvalue weighted by Gasteiger charge is -2.08. The van der Waals surface area contributed by atoms with E-state index in [-0.39, 0.29) is 0 Å². The summed E-state index contributed by atoms with van der Waals surface area (Å²) < 4.78 is 1.01. The van der Waals surface area contributed by atoms with Crippen LogP contribution in [-0.4, -0.2) is 9.97 Å². The van der Waals surface area contributed by atoms with Crippen LogP contribution in [-0.2, 0) is 5.75 Å². The third-order valence-corrected chi connectivity index (χ3v) is 4.93. The van der Waals surface area contributed by atoms with Gasteiger partial charge in [-0.1, -0.05) is 6.07 Å². The molecule has 3 rings (SSSR count). The van der Waals surface area contributed by atoms with Crippen LogP contribution in [0.2, 0.25) is 0 Å². The minimum absolute atomic E-state index is 0.765. The van der Waals surface area contributed by atoms with Gasteiger partial charge < -0.3 is 5.73 Å². The molecular formula is C15H12BrN3S. The summed E-state index contributed by atoms with van der Waals surface area (Å²) in [6, 6.07) is 11.8. The molecule has 0 aliphatic carbocycles. The quantitative estimate of drug-likeness (QED) is 0.568. The van der Waals surface area contributed by atoms with E-state index < -0.39 is 0 Å². The summed E-state index contributed by atoms with van der Waals surface area (Å²) in [4.78, 5) is 8.81. The van der Waals surface area contributed by atoms with Crippen LogP contribution in [0.15, 0.2) is 58.3 Å². The molecule has 3 aromatic rings. The summed E-state index contributed by atoms with van der Waals surface area (Å²) in [6.45, 7) is 0. The van der Waals surface area contributed by atoms with Gasteiger partial charge in [0.2, 0.25) is 0 Å². The Balaban J connectivity index is 1.92. The Morgan fingerprint density at radius 1 is 1.05 bits per heavy atom. The van der Waals surface area contributed by atoms with Gasteiger partial charge in [0, 0.05) is 33.7 Å². The molecule has 20 heavy (non-hydrogen) atoms. The van der Waals surface area contributed by atoms with E-state index in [2.05, 4.69) is 25.9 Å². The second-order valence-corrected chi connectivity index (χ2v) is 6.11. The van der Waals surface area contributed by atoms with E-state index in [0.29, 0.717) is 0 Å². The van der Waals surface area contributed by atoms with Crippen molar-refractivity contribution in [2.24, 2.45) is 0 Å². The van der Waals surface area contributed by atoms with Crippen molar-refractivity contribution in [1.82, 2.24) is 9.97 Å². The summed E-state index contributed by atoms with van der Waals surface area (Å²) in [6.07, 6.45) is 3.60. The second-order valence-electron chi connectivity index (χ2n) is 4.29. The number of benzene rings is 1. The van der Waals surface area contributed by atoms with Gasteiger partial charge in [-0.25, -0.2) is 4.98 Å². The van der Waals surface area contributed by atoms with E-state index >= 15 is 0 Å². The van der Waals surface area contributed by atoms with Gasteiger partial charge >= 0.3 is 0 Å². The molecule has 2 aromatic heterocycles. The lowest BCUT2D eigenvalue weighted by atomic mass is 10.1. The molecule has 0 spiro atoms. The van der Waals surface area contributed by atoms with Crippen molar-refractivity contribution in [2.75, 3.05) is 5.73 Å². The zero-order valence-corrected chi connectivity index (χ0v) is 13.0. The Labute approximate surface area is 129 Å². The van der Waals surface area contributed by atoms with Crippen molar-refractivity contribution in [2.45, 2.75) is 10.8 Å². The van der Waals surface area contributed by atoms with E-state index in [9.17, 15) is 0 Å². The molecular weight excluding hydrogens is 334 g/mol. The number of pyridine rings is 2. The summed E-state index contributed by atoms with van der Waals surface area (Å²) in [5.74, 6) is 0.809. The molecule has 1 aromatic carbocycles. The van der Waals surface area contributed by atoms with E-state index in [1.165, 1.54) is 0 Å². The molecule has 0 saturated carbocycles. The Kier molecular flexibility index (Phi) is 3.89. The first-order valence-corrected chi connectivity index (χ1v) is 7.89. The van der Waals surface area contributed by atoms with Crippen LogP contribution in [0, 0.1) is 0 Å². The smallest absolute Gasteiger partial charge is 0.110 e. The van der Waals surface area contributed by atoms with Gasteiger partial charge in [0.1, 0.15) is 5.03 Å². The number of hydrogen-bond donors (Lipinski definition) is 1. The van der Waals surface area contributed by atoms with Crippen LogP contribution in [0.4, 0.5) is 5.69 Å². The first-order valence-electron chi connectivity index (χ1n) is 6.11. The van der Waals surface area contributed by atoms with Crippen molar-refractivity contribution in [3.8, 4) is 0 Å². The molecule has 100 valence electrons. The Morgan fingerprint density at radius 3 is 2.70 bits per heavy atom. The zero-order valence-electron chi connectivity index (χ0n) is 10.6. The Hall–Kier alpha value is -1.59. The van der Waals surface area contributed by atoms with Crippen molar-refractivity contribution in [3.05, 3.63) is 58.8 Å². The fraction of sp³-hybridized carbons (Fsp3) is 0.0667. The van der Waals surface area contributed by atoms with Gasteiger partial charge in [0.15, 0.2) is 0 Å². The van der Waals surface area contributed by atoms with E-state index in [4.69, 9.17) is 5.73 Å². The maximum Gasteiger partial charge on any atom is 0.110 e. The van der Waals surface area contributed by atoms with Crippen LogP contribution in [0.1, 0.15) is 5.56 Å². The third-order valence-electron chi connectivity index (χ3n) is 2.98. The third kappa shape index (κ3) is 2.64. The van der Waals surface area contributed by atoms with Crippen LogP contribution in [0.5, 0.6) is 0 Å². The number of aromatic nitrogens is 2. The lowest BCUT2D eigenvalue weighted by Crippen LogP contribution is -1.93. The summed E-state index contributed by atoms with van der Waals surface area (Å²) in [5, 5.41) is 1.99. The number of hydrogen-bond acceptors (Lipinski definition) is 4. The molecule has 0 atom stereocenters. The van der Waals surface area contributed by atoms with Crippen LogP contribution < -0.4 is 5.73 Å². The fourth-order valence-electron chi connectivity index (χ4n) is 1.99. The minimum atomic E-state index is 0.765. The number of anilines is 1. The topological polar surface area (TPSA) is 51.8 Å². The molecule has 2 heterocycles. The predicted octanol–water partition coefficient (Wildman–Crippen LogP) is 4.27. The van der Waals surface area contributed by atoms with Gasteiger partial charge in [-0.2, -0.15) is 0 Å². The van der Waals surface area contributed by atoms with Crippen LogP contribution >= 0.6 is 27.7 Å². The summed E-state index contributed by atoms with van der Waals surface area (Å²) >= 11 is 5.19. The molecule has 0 unspecified atom stereocenters. The average Bonchev–Trinajstić information content (AvgIpc) is 2.48. The number of rotatable bonds is 3. The van der Waals surface area contributed by atoms with Gasteiger partial charge in [-0.15, -0.1) is 11.8 Å². The molecule has 3 nitrogen and oxygen atoms in total. The highest BCUT2D eigenvalue weighted by Crippen LogP contribution is 2.31. The van der Waals surface area contributed by atoms with Crippen molar-refractivity contribution >= 4 is 44.3 Å². The van der Waals surface area contributed by atoms with Crippen LogP contribution in [0.25, 0.3) is 10.9 Å². The number of nitrogen functional groups attached to an aromatic ring is 1. The average molecular weight is 346 g/mol. The molecule has 0 fully saturated rings. The Morgan fingerprint density at radius 2 is 1.85 bits per heavy atom. The zero-order chi connectivity index (χ0) is 13.9. The molecule has 0 bridgehead atoms. The molecule has 0 radical (unpaired) electrons. The first kappa shape index (κ1) is 13.4. The molecule has 0 saturated heterocycles. The standard InChI is InChI=1S/C15H12BrN3S/c16-12-4-2-8-19-15(12)20-9-10-5-6-13(17)11-3-1-7-18-14(10)11/h1-8H,9,17H2. The van der Waals surface area contributed by atoms with E-state index in [0.717, 1.165) is 37.4 Å². The van der Waals surface area contributed by atoms with Crippen molar-refractivity contribution < 1.29 is 0 Å². The fourth-order valence-corrected chi connectivity index (χ4v) is 3.46. The van der Waals surface area contributed by atoms with E-state index in [1.54, 1.807) is 24.2 Å². The molecule has 5 heteroatoms. The molecule has 0 aliphatic rings. The Bertz CT molecular complexity index is 761. The van der Waals surface area contributed by atoms with Gasteiger partial charge in [-0.3, -0.25) is 4.98 Å². The molecule has 0 aliphatic heterocycles. The summed E-state index contributed by atoms with van der Waals surface area (Å²) in [5.41, 5.74) is 8.88. The SMILES string of the molecule is Nc1ccc(CSc2ncccc2Br)c2ncccc12. The maximum atomic E-state index is 5.99. The van der Waals surface area contributed by atoms with Gasteiger partial charge in [0.05, 0.1) is 5.52 Å². The maximum absolute atomic E-state index is 5.99.